The molecular formula is C22H27NO3. The molecule has 0 bridgehead atoms. The fraction of sp³-hybridized carbons (Fsp3) is 0.409. The Morgan fingerprint density at radius 2 is 1.81 bits per heavy atom. The van der Waals surface area contributed by atoms with Gasteiger partial charge in [0.2, 0.25) is 5.91 Å². The van der Waals surface area contributed by atoms with Gasteiger partial charge in [0.15, 0.2) is 0 Å². The lowest BCUT2D eigenvalue weighted by molar-refractivity contribution is -0.130. The molecule has 0 saturated carbocycles. The lowest BCUT2D eigenvalue weighted by Crippen LogP contribution is -2.48. The number of nitrogens with one attached hydrogen (secondary N) is 1. The van der Waals surface area contributed by atoms with Crippen molar-refractivity contribution in [2.45, 2.75) is 32.1 Å². The Morgan fingerprint density at radius 1 is 1.08 bits per heavy atom. The van der Waals surface area contributed by atoms with Gasteiger partial charge < -0.3 is 14.8 Å². The summed E-state index contributed by atoms with van der Waals surface area (Å²) in [6, 6.07) is 16.1. The molecular weight excluding hydrogens is 326 g/mol. The molecule has 1 N–H and O–H groups in total. The number of hydrogen-bond acceptors (Lipinski definition) is 3. The molecule has 0 spiro atoms. The Hall–Kier alpha value is -2.33. The highest BCUT2D eigenvalue weighted by atomic mass is 16.5. The number of carbonyl (C=O) groups is 1. The van der Waals surface area contributed by atoms with Crippen LogP contribution >= 0.6 is 0 Å². The number of amides is 1. The average molecular weight is 353 g/mol. The molecule has 2 aromatic rings. The number of hydrogen-bond donors (Lipinski definition) is 1. The summed E-state index contributed by atoms with van der Waals surface area (Å²) in [4.78, 5) is 13.0. The Morgan fingerprint density at radius 3 is 2.50 bits per heavy atom. The molecule has 138 valence electrons. The minimum atomic E-state index is -0.500. The summed E-state index contributed by atoms with van der Waals surface area (Å²) >= 11 is 0. The van der Waals surface area contributed by atoms with E-state index in [4.69, 9.17) is 9.47 Å². The highest BCUT2D eigenvalue weighted by Gasteiger charge is 2.41. The summed E-state index contributed by atoms with van der Waals surface area (Å²) in [5.74, 6) is 0.905. The van der Waals surface area contributed by atoms with Gasteiger partial charge >= 0.3 is 0 Å². The SMILES string of the molecule is Cc1ccc(OCCNC(=O)C2(c3ccccc3)CCOCC2)cc1C. The van der Waals surface area contributed by atoms with Crippen LogP contribution in [0.5, 0.6) is 5.75 Å². The third kappa shape index (κ3) is 4.07. The standard InChI is InChI=1S/C22H27NO3/c1-17-8-9-20(16-18(17)2)26-15-12-23-21(24)22(10-13-25-14-11-22)19-6-4-3-5-7-19/h3-9,16H,10-15H2,1-2H3,(H,23,24). The zero-order valence-electron chi connectivity index (χ0n) is 15.6. The molecule has 0 atom stereocenters. The second-order valence-corrected chi connectivity index (χ2v) is 6.91. The van der Waals surface area contributed by atoms with Crippen molar-refractivity contribution >= 4 is 5.91 Å². The molecule has 3 rings (SSSR count). The van der Waals surface area contributed by atoms with Crippen molar-refractivity contribution in [2.75, 3.05) is 26.4 Å². The molecule has 0 aromatic heterocycles. The van der Waals surface area contributed by atoms with E-state index in [2.05, 4.69) is 25.2 Å². The maximum absolute atomic E-state index is 13.0. The predicted octanol–water partition coefficient (Wildman–Crippen LogP) is 3.55. The van der Waals surface area contributed by atoms with Gasteiger partial charge in [-0.25, -0.2) is 0 Å². The van der Waals surface area contributed by atoms with Crippen LogP contribution in [0.4, 0.5) is 0 Å². The van der Waals surface area contributed by atoms with Crippen LogP contribution in [0.3, 0.4) is 0 Å². The van der Waals surface area contributed by atoms with Gasteiger partial charge in [-0.3, -0.25) is 4.79 Å². The van der Waals surface area contributed by atoms with E-state index in [1.807, 2.05) is 42.5 Å². The van der Waals surface area contributed by atoms with Crippen LogP contribution in [-0.2, 0) is 14.9 Å². The third-order valence-electron chi connectivity index (χ3n) is 5.24. The molecule has 4 heteroatoms. The maximum Gasteiger partial charge on any atom is 0.230 e. The van der Waals surface area contributed by atoms with Crippen LogP contribution in [0.2, 0.25) is 0 Å². The van der Waals surface area contributed by atoms with Crippen molar-refractivity contribution in [2.24, 2.45) is 0 Å². The minimum Gasteiger partial charge on any atom is -0.492 e. The van der Waals surface area contributed by atoms with Crippen molar-refractivity contribution in [3.63, 3.8) is 0 Å². The van der Waals surface area contributed by atoms with Crippen LogP contribution in [0.25, 0.3) is 0 Å². The fourth-order valence-corrected chi connectivity index (χ4v) is 3.43. The molecule has 0 radical (unpaired) electrons. The lowest BCUT2D eigenvalue weighted by Gasteiger charge is -2.36. The highest BCUT2D eigenvalue weighted by Crippen LogP contribution is 2.35. The van der Waals surface area contributed by atoms with E-state index in [0.717, 1.165) is 11.3 Å². The number of benzene rings is 2. The van der Waals surface area contributed by atoms with Crippen molar-refractivity contribution in [1.29, 1.82) is 0 Å². The van der Waals surface area contributed by atoms with Crippen molar-refractivity contribution in [3.8, 4) is 5.75 Å². The molecule has 0 aliphatic carbocycles. The van der Waals surface area contributed by atoms with Gasteiger partial charge in [0.1, 0.15) is 12.4 Å². The number of ether oxygens (including phenoxy) is 2. The van der Waals surface area contributed by atoms with Crippen molar-refractivity contribution in [3.05, 3.63) is 65.2 Å². The van der Waals surface area contributed by atoms with E-state index in [1.165, 1.54) is 11.1 Å². The molecule has 26 heavy (non-hydrogen) atoms. The monoisotopic (exact) mass is 353 g/mol. The number of aryl methyl sites for hydroxylation is 2. The highest BCUT2D eigenvalue weighted by molar-refractivity contribution is 5.88. The van der Waals surface area contributed by atoms with Gasteiger partial charge in [-0.05, 0) is 55.5 Å². The normalized spacial score (nSPS) is 16.1. The van der Waals surface area contributed by atoms with Crippen LogP contribution < -0.4 is 10.1 Å². The van der Waals surface area contributed by atoms with Crippen LogP contribution in [0.1, 0.15) is 29.5 Å². The second-order valence-electron chi connectivity index (χ2n) is 6.91. The Kier molecular flexibility index (Phi) is 5.94. The first kappa shape index (κ1) is 18.5. The fourth-order valence-electron chi connectivity index (χ4n) is 3.43. The number of carbonyl (C=O) groups excluding carboxylic acids is 1. The lowest BCUT2D eigenvalue weighted by atomic mass is 9.73. The van der Waals surface area contributed by atoms with Crippen molar-refractivity contribution < 1.29 is 14.3 Å². The van der Waals surface area contributed by atoms with E-state index in [1.54, 1.807) is 0 Å². The largest absolute Gasteiger partial charge is 0.492 e. The van der Waals surface area contributed by atoms with E-state index in [0.29, 0.717) is 39.2 Å². The van der Waals surface area contributed by atoms with Crippen LogP contribution in [-0.4, -0.2) is 32.3 Å². The van der Waals surface area contributed by atoms with Crippen LogP contribution in [0, 0.1) is 13.8 Å². The van der Waals surface area contributed by atoms with Gasteiger partial charge in [0, 0.05) is 13.2 Å². The van der Waals surface area contributed by atoms with Gasteiger partial charge in [0.25, 0.3) is 0 Å². The Balaban J connectivity index is 1.59. The molecule has 1 amide bonds. The summed E-state index contributed by atoms with van der Waals surface area (Å²) in [5, 5.41) is 3.07. The molecule has 1 aliphatic heterocycles. The van der Waals surface area contributed by atoms with E-state index >= 15 is 0 Å². The summed E-state index contributed by atoms with van der Waals surface area (Å²) in [6.45, 7) is 6.31. The minimum absolute atomic E-state index is 0.0655. The zero-order valence-corrected chi connectivity index (χ0v) is 15.6. The quantitative estimate of drug-likeness (QED) is 0.808. The first-order chi connectivity index (χ1) is 12.6. The second kappa shape index (κ2) is 8.37. The predicted molar refractivity (Wildman–Crippen MR) is 103 cm³/mol. The van der Waals surface area contributed by atoms with Crippen LogP contribution in [0.15, 0.2) is 48.5 Å². The maximum atomic E-state index is 13.0. The summed E-state index contributed by atoms with van der Waals surface area (Å²) in [7, 11) is 0. The molecule has 1 fully saturated rings. The smallest absolute Gasteiger partial charge is 0.230 e. The van der Waals surface area contributed by atoms with Gasteiger partial charge in [-0.15, -0.1) is 0 Å². The Bertz CT molecular complexity index is 736. The molecule has 1 aliphatic rings. The molecule has 1 saturated heterocycles. The van der Waals surface area contributed by atoms with Gasteiger partial charge in [-0.1, -0.05) is 36.4 Å². The van der Waals surface area contributed by atoms with E-state index in [9.17, 15) is 4.79 Å². The first-order valence-corrected chi connectivity index (χ1v) is 9.23. The summed E-state index contributed by atoms with van der Waals surface area (Å²) in [5.41, 5.74) is 3.02. The van der Waals surface area contributed by atoms with Gasteiger partial charge in [-0.2, -0.15) is 0 Å². The topological polar surface area (TPSA) is 47.6 Å². The van der Waals surface area contributed by atoms with E-state index in [-0.39, 0.29) is 5.91 Å². The summed E-state index contributed by atoms with van der Waals surface area (Å²) in [6.07, 6.45) is 1.42. The van der Waals surface area contributed by atoms with Gasteiger partial charge in [0.05, 0.1) is 12.0 Å². The summed E-state index contributed by atoms with van der Waals surface area (Å²) < 4.78 is 11.3. The molecule has 0 unspecified atom stereocenters. The zero-order chi connectivity index (χ0) is 18.4. The molecule has 2 aromatic carbocycles. The molecule has 1 heterocycles. The van der Waals surface area contributed by atoms with E-state index < -0.39 is 5.41 Å². The Labute approximate surface area is 155 Å². The third-order valence-corrected chi connectivity index (χ3v) is 5.24. The molecule has 4 nitrogen and oxygen atoms in total. The first-order valence-electron chi connectivity index (χ1n) is 9.23. The number of rotatable bonds is 6. The van der Waals surface area contributed by atoms with Crippen molar-refractivity contribution in [1.82, 2.24) is 5.32 Å². The average Bonchev–Trinajstić information content (AvgIpc) is 2.69.